The Hall–Kier alpha value is -6.59. The van der Waals surface area contributed by atoms with Crippen LogP contribution in [0.25, 0.3) is 33.0 Å². The molecule has 0 bridgehead atoms. The van der Waals surface area contributed by atoms with Crippen LogP contribution in [0.2, 0.25) is 0 Å². The smallest absolute Gasteiger partial charge is 0.243 e. The first-order valence-electron chi connectivity index (χ1n) is 24.3. The topological polar surface area (TPSA) is 306 Å². The Kier molecular flexibility index (Phi) is 21.4. The summed E-state index contributed by atoms with van der Waals surface area (Å²) in [6.45, 7) is 11.3. The van der Waals surface area contributed by atoms with Gasteiger partial charge < -0.3 is 65.6 Å². The van der Waals surface area contributed by atoms with E-state index in [0.717, 1.165) is 21.7 Å². The molecule has 5 aromatic rings. The Labute approximate surface area is 427 Å². The highest BCUT2D eigenvalue weighted by Crippen LogP contribution is 2.33. The number of nitrogens with zero attached hydrogens (tertiary/aromatic N) is 7. The number of β-amino-alcohol motifs (C(OH)–C–C–N with tert-alkyl or cyclic N) is 1. The van der Waals surface area contributed by atoms with Crippen molar-refractivity contribution in [1.82, 2.24) is 56.0 Å². The number of aromatic nitrogens is 6. The van der Waals surface area contributed by atoms with E-state index in [9.17, 15) is 29.4 Å². The van der Waals surface area contributed by atoms with Crippen LogP contribution < -0.4 is 31.7 Å². The molecule has 23 nitrogen and oxygen atoms in total. The number of aryl methyl sites for hydroxylation is 2. The van der Waals surface area contributed by atoms with E-state index in [1.807, 2.05) is 42.7 Å². The van der Waals surface area contributed by atoms with Crippen LogP contribution in [0, 0.1) is 18.8 Å². The maximum Gasteiger partial charge on any atom is 0.243 e. The minimum Gasteiger partial charge on any atom is -0.490 e. The first-order chi connectivity index (χ1) is 35.2. The van der Waals surface area contributed by atoms with Gasteiger partial charge in [-0.2, -0.15) is 0 Å². The number of hydrogen-bond acceptors (Lipinski definition) is 19. The Balaban J connectivity index is 0.740. The van der Waals surface area contributed by atoms with Crippen LogP contribution in [0.1, 0.15) is 69.8 Å². The second-order valence-electron chi connectivity index (χ2n) is 17.6. The van der Waals surface area contributed by atoms with Gasteiger partial charge >= 0.3 is 0 Å². The standard InChI is InChI=1S/C49H66N12O11S/c1-5-60-44-38(28-53-36(13-15-49(3,4)67)42(44)57-47(60)43-46(50)59-72-58-43)71-19-7-17-51-16-6-8-39(63)52-18-21-69-23-25-70-24-22-68-20-14-40(64)54-29-41(65)61-30-35(62)26-37(61)48(66)55-27-33-9-11-34(12-10-33)45-32(2)56-31-73-45/h9-12,28,31,35,37,51,62,67H,5-8,14,16-27,29-30H2,1-4H3,(H2,50,59)(H,52,63)(H,54,64)(H,55,66)/t35-,37+/m1/s1. The molecule has 0 radical (unpaired) electrons. The number of nitrogens with two attached hydrogens (primary N) is 1. The fraction of sp³-hybridized carbons (Fsp3) is 0.531. The van der Waals surface area contributed by atoms with Gasteiger partial charge in [-0.15, -0.1) is 11.3 Å². The van der Waals surface area contributed by atoms with Crippen LogP contribution in [0.4, 0.5) is 5.82 Å². The molecule has 0 saturated carbocycles. The van der Waals surface area contributed by atoms with E-state index in [4.69, 9.17) is 34.3 Å². The number of imidazole rings is 1. The predicted molar refractivity (Wildman–Crippen MR) is 270 cm³/mol. The third kappa shape index (κ3) is 17.0. The van der Waals surface area contributed by atoms with Crippen LogP contribution >= 0.6 is 11.3 Å². The number of nitrogens with one attached hydrogen (secondary N) is 4. The molecule has 5 heterocycles. The normalized spacial score (nSPS) is 14.5. The fourth-order valence-electron chi connectivity index (χ4n) is 7.66. The largest absolute Gasteiger partial charge is 0.490 e. The van der Waals surface area contributed by atoms with Gasteiger partial charge in [0.1, 0.15) is 28.4 Å². The molecule has 2 atom stereocenters. The molecule has 1 saturated heterocycles. The number of fused-ring (bicyclic) bond motifs is 1. The van der Waals surface area contributed by atoms with Gasteiger partial charge in [-0.1, -0.05) is 30.2 Å². The number of carbonyl (C=O) groups is 4. The van der Waals surface area contributed by atoms with E-state index in [0.29, 0.717) is 107 Å². The van der Waals surface area contributed by atoms with Crippen LogP contribution in [0.5, 0.6) is 5.75 Å². The zero-order valence-electron chi connectivity index (χ0n) is 41.7. The molecule has 73 heavy (non-hydrogen) atoms. The number of benzene rings is 1. The second kappa shape index (κ2) is 28.0. The van der Waals surface area contributed by atoms with Gasteiger partial charge in [0.2, 0.25) is 23.6 Å². The Morgan fingerprint density at radius 1 is 0.918 bits per heavy atom. The van der Waals surface area contributed by atoms with Crippen molar-refractivity contribution >= 4 is 51.8 Å². The van der Waals surface area contributed by atoms with E-state index in [-0.39, 0.29) is 74.9 Å². The third-order valence-electron chi connectivity index (χ3n) is 11.3. The number of nitrogen functional groups attached to an aromatic ring is 1. The molecule has 8 N–H and O–H groups in total. The number of amides is 4. The van der Waals surface area contributed by atoms with E-state index in [1.54, 1.807) is 36.9 Å². The summed E-state index contributed by atoms with van der Waals surface area (Å²) in [5.41, 5.74) is 11.2. The molecule has 24 heteroatoms. The number of anilines is 1. The molecule has 0 spiro atoms. The van der Waals surface area contributed by atoms with Gasteiger partial charge in [-0.3, -0.25) is 19.2 Å². The van der Waals surface area contributed by atoms with Crippen molar-refractivity contribution in [3.05, 3.63) is 52.9 Å². The highest BCUT2D eigenvalue weighted by atomic mass is 32.1. The maximum absolute atomic E-state index is 13.1. The first kappa shape index (κ1) is 55.7. The molecule has 6 rings (SSSR count). The number of pyridine rings is 1. The SMILES string of the molecule is CCn1c(-c2nonc2N)nc2c(C#CC(C)(C)O)ncc(OCCCNCCCC(=O)NCCOCCOCCOCCC(=O)NCC(=O)N3C[C@H](O)C[C@H]3C(=O)NCc3ccc(-c4scnc4C)cc3)c21. The third-order valence-corrected chi connectivity index (χ3v) is 12.3. The predicted octanol–water partition coefficient (Wildman–Crippen LogP) is 1.73. The highest BCUT2D eigenvalue weighted by Gasteiger charge is 2.38. The number of likely N-dealkylation sites (tertiary alicyclic amines) is 1. The van der Waals surface area contributed by atoms with Crippen LogP contribution in [-0.2, 0) is 46.5 Å². The van der Waals surface area contributed by atoms with Crippen molar-refractivity contribution in [3.63, 3.8) is 0 Å². The Morgan fingerprint density at radius 2 is 1.64 bits per heavy atom. The Morgan fingerprint density at radius 3 is 2.34 bits per heavy atom. The summed E-state index contributed by atoms with van der Waals surface area (Å²) < 4.78 is 29.4. The van der Waals surface area contributed by atoms with E-state index >= 15 is 0 Å². The lowest BCUT2D eigenvalue weighted by molar-refractivity contribution is -0.138. The molecule has 1 aliphatic rings. The summed E-state index contributed by atoms with van der Waals surface area (Å²) in [4.78, 5) is 66.6. The molecular formula is C49H66N12O11S. The molecule has 394 valence electrons. The Bertz CT molecular complexity index is 2660. The summed E-state index contributed by atoms with van der Waals surface area (Å²) in [6.07, 6.45) is 2.59. The van der Waals surface area contributed by atoms with Crippen LogP contribution in [0.15, 0.2) is 40.6 Å². The molecule has 4 amide bonds. The van der Waals surface area contributed by atoms with Gasteiger partial charge in [-0.05, 0) is 81.0 Å². The van der Waals surface area contributed by atoms with Crippen molar-refractivity contribution in [3.8, 4) is 39.5 Å². The second-order valence-corrected chi connectivity index (χ2v) is 18.4. The van der Waals surface area contributed by atoms with Crippen LogP contribution in [-0.4, -0.2) is 165 Å². The number of rotatable bonds is 29. The average Bonchev–Trinajstić information content (AvgIpc) is 4.19. The van der Waals surface area contributed by atoms with Crippen molar-refractivity contribution < 1.29 is 53.0 Å². The monoisotopic (exact) mass is 1030 g/mol. The molecular weight excluding hydrogens is 965 g/mol. The van der Waals surface area contributed by atoms with Gasteiger partial charge in [0, 0.05) is 45.4 Å². The molecule has 1 aromatic carbocycles. The van der Waals surface area contributed by atoms with E-state index < -0.39 is 23.7 Å². The zero-order valence-corrected chi connectivity index (χ0v) is 42.6. The first-order valence-corrected chi connectivity index (χ1v) is 25.2. The number of ether oxygens (including phenoxy) is 4. The van der Waals surface area contributed by atoms with E-state index in [1.165, 1.54) is 4.90 Å². The summed E-state index contributed by atoms with van der Waals surface area (Å²) >= 11 is 1.57. The molecule has 4 aromatic heterocycles. The fourth-order valence-corrected chi connectivity index (χ4v) is 8.47. The quantitative estimate of drug-likeness (QED) is 0.0265. The average molecular weight is 1030 g/mol. The zero-order chi connectivity index (χ0) is 52.2. The van der Waals surface area contributed by atoms with Crippen LogP contribution in [0.3, 0.4) is 0 Å². The molecule has 1 aliphatic heterocycles. The number of carbonyl (C=O) groups excluding carboxylic acids is 4. The lowest BCUT2D eigenvalue weighted by Crippen LogP contribution is -2.49. The number of hydrogen-bond donors (Lipinski definition) is 7. The van der Waals surface area contributed by atoms with Crippen molar-refractivity contribution in [2.75, 3.05) is 84.7 Å². The lowest BCUT2D eigenvalue weighted by atomic mass is 10.1. The molecule has 1 fully saturated rings. The molecule has 0 unspecified atom stereocenters. The van der Waals surface area contributed by atoms with Gasteiger partial charge in [-0.25, -0.2) is 19.6 Å². The lowest BCUT2D eigenvalue weighted by Gasteiger charge is -2.24. The van der Waals surface area contributed by atoms with Gasteiger partial charge in [0.15, 0.2) is 23.1 Å². The van der Waals surface area contributed by atoms with Gasteiger partial charge in [0.25, 0.3) is 0 Å². The summed E-state index contributed by atoms with van der Waals surface area (Å²) in [6, 6.07) is 6.97. The van der Waals surface area contributed by atoms with Crippen molar-refractivity contribution in [2.45, 2.75) is 90.6 Å². The van der Waals surface area contributed by atoms with E-state index in [2.05, 4.69) is 53.4 Å². The van der Waals surface area contributed by atoms with Gasteiger partial charge in [0.05, 0.1) is 81.2 Å². The summed E-state index contributed by atoms with van der Waals surface area (Å²) in [5, 5.41) is 39.7. The van der Waals surface area contributed by atoms with Crippen molar-refractivity contribution in [1.29, 1.82) is 0 Å². The maximum atomic E-state index is 13.1. The minimum absolute atomic E-state index is 0.00468. The van der Waals surface area contributed by atoms with Crippen molar-refractivity contribution in [2.24, 2.45) is 0 Å². The summed E-state index contributed by atoms with van der Waals surface area (Å²) in [7, 11) is 0. The minimum atomic E-state index is -1.23. The number of aliphatic hydroxyl groups is 2. The number of thiazole rings is 1. The molecule has 0 aliphatic carbocycles. The summed E-state index contributed by atoms with van der Waals surface area (Å²) in [5.74, 6) is 5.44. The number of aliphatic hydroxyl groups excluding tert-OH is 1. The highest BCUT2D eigenvalue weighted by molar-refractivity contribution is 7.13.